The van der Waals surface area contributed by atoms with Crippen LogP contribution in [0.3, 0.4) is 0 Å². The van der Waals surface area contributed by atoms with Gasteiger partial charge in [-0.3, -0.25) is 0 Å². The minimum absolute atomic E-state index is 0.513. The van der Waals surface area contributed by atoms with Gasteiger partial charge in [-0.25, -0.2) is 10.2 Å². The Morgan fingerprint density at radius 1 is 1.00 bits per heavy atom. The van der Waals surface area contributed by atoms with E-state index in [0.717, 1.165) is 0 Å². The second-order valence-electron chi connectivity index (χ2n) is 2.17. The molecule has 0 aliphatic heterocycles. The maximum atomic E-state index is 5.01. The highest BCUT2D eigenvalue weighted by Gasteiger charge is 2.01. The van der Waals surface area contributed by atoms with Gasteiger partial charge in [-0.1, -0.05) is 0 Å². The molecule has 0 aromatic carbocycles. The van der Waals surface area contributed by atoms with Gasteiger partial charge in [-0.15, -0.1) is 0 Å². The van der Waals surface area contributed by atoms with Crippen molar-refractivity contribution in [1.29, 1.82) is 0 Å². The van der Waals surface area contributed by atoms with Gasteiger partial charge >= 0.3 is 7.69 Å². The van der Waals surface area contributed by atoms with Crippen molar-refractivity contribution >= 4 is 7.69 Å². The van der Waals surface area contributed by atoms with Crippen LogP contribution in [0.1, 0.15) is 0 Å². The molecular formula is C6H6BN4O2. The van der Waals surface area contributed by atoms with E-state index in [1.807, 2.05) is 0 Å². The van der Waals surface area contributed by atoms with Crippen molar-refractivity contribution in [2.45, 2.75) is 0 Å². The Labute approximate surface area is 74.6 Å². The van der Waals surface area contributed by atoms with Crippen LogP contribution in [0.5, 0.6) is 11.8 Å². The molecule has 0 fully saturated rings. The first-order valence-electron chi connectivity index (χ1n) is 3.59. The first-order valence-corrected chi connectivity index (χ1v) is 3.59. The van der Waals surface area contributed by atoms with Crippen molar-refractivity contribution in [3.63, 3.8) is 0 Å². The molecule has 1 radical (unpaired) electrons. The lowest BCUT2D eigenvalue weighted by atomic mass is 10.4. The van der Waals surface area contributed by atoms with E-state index in [4.69, 9.17) is 9.31 Å². The summed E-state index contributed by atoms with van der Waals surface area (Å²) in [7, 11) is 1.18. The number of aromatic nitrogens is 4. The minimum Gasteiger partial charge on any atom is -0.513 e. The van der Waals surface area contributed by atoms with Gasteiger partial charge in [-0.2, -0.15) is 10.2 Å². The van der Waals surface area contributed by atoms with E-state index in [9.17, 15) is 0 Å². The summed E-state index contributed by atoms with van der Waals surface area (Å²) < 4.78 is 10.0. The van der Waals surface area contributed by atoms with Crippen LogP contribution in [-0.4, -0.2) is 28.1 Å². The lowest BCUT2D eigenvalue weighted by molar-refractivity contribution is 0.438. The Morgan fingerprint density at radius 2 is 1.54 bits per heavy atom. The molecule has 0 saturated carbocycles. The molecule has 7 heteroatoms. The van der Waals surface area contributed by atoms with Crippen molar-refractivity contribution in [2.75, 3.05) is 0 Å². The Bertz CT molecular complexity index is 299. The first kappa shape index (κ1) is 7.72. The molecule has 0 atom stereocenters. The van der Waals surface area contributed by atoms with Gasteiger partial charge < -0.3 is 9.31 Å². The van der Waals surface area contributed by atoms with Gasteiger partial charge in [0.1, 0.15) is 0 Å². The van der Waals surface area contributed by atoms with Gasteiger partial charge in [0.15, 0.2) is 11.8 Å². The number of hydrogen-bond donors (Lipinski definition) is 2. The van der Waals surface area contributed by atoms with Crippen molar-refractivity contribution in [3.8, 4) is 11.8 Å². The van der Waals surface area contributed by atoms with Crippen LogP contribution >= 0.6 is 0 Å². The summed E-state index contributed by atoms with van der Waals surface area (Å²) in [5.41, 5.74) is 0. The monoisotopic (exact) mass is 177 g/mol. The summed E-state index contributed by atoms with van der Waals surface area (Å²) in [6, 6.07) is 3.35. The molecule has 65 valence electrons. The molecule has 0 amide bonds. The third-order valence-electron chi connectivity index (χ3n) is 1.30. The van der Waals surface area contributed by atoms with Crippen molar-refractivity contribution in [3.05, 3.63) is 24.5 Å². The predicted molar refractivity (Wildman–Crippen MR) is 44.2 cm³/mol. The molecule has 0 unspecified atom stereocenters. The molecule has 2 aromatic heterocycles. The standard InChI is InChI=1S/C6H6BN4O2/c1-3-8-10-5(1)12-7-13-6-2-4-9-11-6/h1-4H,(H,8,10)(H,9,11). The van der Waals surface area contributed by atoms with Gasteiger partial charge in [0.05, 0.1) is 12.4 Å². The molecule has 6 nitrogen and oxygen atoms in total. The molecule has 2 N–H and O–H groups in total. The van der Waals surface area contributed by atoms with Gasteiger partial charge in [0, 0.05) is 12.1 Å². The largest absolute Gasteiger partial charge is 0.660 e. The first-order chi connectivity index (χ1) is 6.45. The maximum absolute atomic E-state index is 5.01. The average Bonchev–Trinajstić information content (AvgIpc) is 2.75. The normalized spacial score (nSPS) is 9.54. The quantitative estimate of drug-likeness (QED) is 0.650. The van der Waals surface area contributed by atoms with Crippen LogP contribution in [0.2, 0.25) is 0 Å². The minimum atomic E-state index is 0.513. The second-order valence-corrected chi connectivity index (χ2v) is 2.17. The van der Waals surface area contributed by atoms with E-state index < -0.39 is 0 Å². The molecule has 0 spiro atoms. The van der Waals surface area contributed by atoms with Crippen LogP contribution in [0.15, 0.2) is 24.5 Å². The molecule has 0 bridgehead atoms. The fraction of sp³-hybridized carbons (Fsp3) is 0. The maximum Gasteiger partial charge on any atom is 0.660 e. The number of nitrogens with zero attached hydrogens (tertiary/aromatic N) is 2. The third-order valence-corrected chi connectivity index (χ3v) is 1.30. The van der Waals surface area contributed by atoms with Crippen molar-refractivity contribution in [1.82, 2.24) is 20.4 Å². The second kappa shape index (κ2) is 3.66. The number of H-pyrrole nitrogens is 2. The smallest absolute Gasteiger partial charge is 0.513 e. The van der Waals surface area contributed by atoms with Crippen molar-refractivity contribution < 1.29 is 9.31 Å². The van der Waals surface area contributed by atoms with Crippen LogP contribution < -0.4 is 9.31 Å². The Morgan fingerprint density at radius 3 is 1.92 bits per heavy atom. The van der Waals surface area contributed by atoms with E-state index in [0.29, 0.717) is 11.8 Å². The average molecular weight is 177 g/mol. The summed E-state index contributed by atoms with van der Waals surface area (Å²) >= 11 is 0. The number of aromatic amines is 2. The number of hydrogen-bond acceptors (Lipinski definition) is 4. The van der Waals surface area contributed by atoms with E-state index in [1.54, 1.807) is 24.5 Å². The molecule has 0 saturated heterocycles. The molecular weight excluding hydrogens is 171 g/mol. The summed E-state index contributed by atoms with van der Waals surface area (Å²) in [5.74, 6) is 1.03. The summed E-state index contributed by atoms with van der Waals surface area (Å²) in [4.78, 5) is 0. The Balaban J connectivity index is 1.76. The van der Waals surface area contributed by atoms with Crippen molar-refractivity contribution in [2.24, 2.45) is 0 Å². The lowest BCUT2D eigenvalue weighted by Crippen LogP contribution is -2.11. The topological polar surface area (TPSA) is 75.8 Å². The number of nitrogens with one attached hydrogen (secondary N) is 2. The van der Waals surface area contributed by atoms with Gasteiger partial charge in [-0.05, 0) is 0 Å². The molecule has 13 heavy (non-hydrogen) atoms. The molecule has 2 heterocycles. The number of rotatable bonds is 4. The molecule has 0 aliphatic carbocycles. The zero-order valence-corrected chi connectivity index (χ0v) is 6.60. The summed E-state index contributed by atoms with van der Waals surface area (Å²) in [6.45, 7) is 0. The highest BCUT2D eigenvalue weighted by Crippen LogP contribution is 2.03. The SMILES string of the molecule is [B](Oc1ccn[nH]1)Oc1ccn[nH]1. The summed E-state index contributed by atoms with van der Waals surface area (Å²) in [6.07, 6.45) is 3.17. The fourth-order valence-electron chi connectivity index (χ4n) is 0.745. The molecule has 2 aromatic rings. The third kappa shape index (κ3) is 2.02. The van der Waals surface area contributed by atoms with Crippen LogP contribution in [-0.2, 0) is 0 Å². The zero-order valence-electron chi connectivity index (χ0n) is 6.60. The van der Waals surface area contributed by atoms with E-state index >= 15 is 0 Å². The highest BCUT2D eigenvalue weighted by molar-refractivity contribution is 6.20. The lowest BCUT2D eigenvalue weighted by Gasteiger charge is -2.00. The Kier molecular flexibility index (Phi) is 2.17. The molecule has 2 rings (SSSR count). The fourth-order valence-corrected chi connectivity index (χ4v) is 0.745. The van der Waals surface area contributed by atoms with E-state index in [-0.39, 0.29) is 0 Å². The van der Waals surface area contributed by atoms with Crippen LogP contribution in [0.25, 0.3) is 0 Å². The zero-order chi connectivity index (χ0) is 8.93. The summed E-state index contributed by atoms with van der Waals surface area (Å²) in [5, 5.41) is 12.6. The van der Waals surface area contributed by atoms with E-state index in [1.165, 1.54) is 7.69 Å². The Hall–Kier alpha value is -1.92. The van der Waals surface area contributed by atoms with Crippen LogP contribution in [0, 0.1) is 0 Å². The molecule has 0 aliphatic rings. The van der Waals surface area contributed by atoms with Gasteiger partial charge in [0.2, 0.25) is 0 Å². The van der Waals surface area contributed by atoms with E-state index in [2.05, 4.69) is 20.4 Å². The highest BCUT2D eigenvalue weighted by atomic mass is 16.6. The predicted octanol–water partition coefficient (Wildman–Crippen LogP) is 0.125. The van der Waals surface area contributed by atoms with Crippen LogP contribution in [0.4, 0.5) is 0 Å². The van der Waals surface area contributed by atoms with Gasteiger partial charge in [0.25, 0.3) is 0 Å².